The van der Waals surface area contributed by atoms with Crippen LogP contribution in [-0.4, -0.2) is 30.6 Å². The molecular weight excluding hydrogens is 296 g/mol. The fraction of sp³-hybridized carbons (Fsp3) is 0.429. The van der Waals surface area contributed by atoms with Gasteiger partial charge in [0.05, 0.1) is 6.04 Å². The Labute approximate surface area is 144 Å². The third-order valence-electron chi connectivity index (χ3n) is 5.29. The van der Waals surface area contributed by atoms with Gasteiger partial charge in [0.2, 0.25) is 0 Å². The monoisotopic (exact) mass is 322 g/mol. The minimum absolute atomic E-state index is 0.215. The highest BCUT2D eigenvalue weighted by Gasteiger charge is 2.30. The number of para-hydroxylation sites is 1. The number of aryl methyl sites for hydroxylation is 1. The summed E-state index contributed by atoms with van der Waals surface area (Å²) in [6.07, 6.45) is 2.52. The maximum atomic E-state index is 6.17. The molecule has 1 saturated heterocycles. The molecule has 0 saturated carbocycles. The van der Waals surface area contributed by atoms with E-state index in [0.717, 1.165) is 24.6 Å². The van der Waals surface area contributed by atoms with Gasteiger partial charge in [-0.1, -0.05) is 37.3 Å². The molecule has 2 aliphatic rings. The second kappa shape index (κ2) is 6.58. The standard InChI is InChI=1S/C21H26N2O/c1-3-23-12-6-7-16(14-23)22-21-17-8-4-5-9-19(17)24-20-13-15(2)10-11-18(20)21/h4-5,8-11,13,16,21-22H,3,6-7,12,14H2,1-2H3. The first kappa shape index (κ1) is 15.7. The number of benzene rings is 2. The summed E-state index contributed by atoms with van der Waals surface area (Å²) in [5.74, 6) is 1.98. The zero-order valence-corrected chi connectivity index (χ0v) is 14.6. The van der Waals surface area contributed by atoms with Crippen molar-refractivity contribution in [2.24, 2.45) is 0 Å². The van der Waals surface area contributed by atoms with Crippen LogP contribution in [0.25, 0.3) is 0 Å². The SMILES string of the molecule is CCN1CCCC(NC2c3ccccc3Oc3cc(C)ccc32)C1. The second-order valence-electron chi connectivity index (χ2n) is 7.01. The number of likely N-dealkylation sites (N-methyl/N-ethyl adjacent to an activating group) is 1. The molecule has 2 aromatic carbocycles. The van der Waals surface area contributed by atoms with Gasteiger partial charge in [0, 0.05) is 23.7 Å². The molecule has 0 aliphatic carbocycles. The summed E-state index contributed by atoms with van der Waals surface area (Å²) in [6, 6.07) is 15.7. The lowest BCUT2D eigenvalue weighted by atomic mass is 9.92. The number of hydrogen-bond acceptors (Lipinski definition) is 3. The largest absolute Gasteiger partial charge is 0.457 e. The van der Waals surface area contributed by atoms with Crippen molar-refractivity contribution in [3.05, 3.63) is 59.2 Å². The molecule has 0 amide bonds. The summed E-state index contributed by atoms with van der Waals surface area (Å²) in [7, 11) is 0. The molecule has 2 atom stereocenters. The number of ether oxygens (including phenoxy) is 1. The Hall–Kier alpha value is -1.84. The number of hydrogen-bond donors (Lipinski definition) is 1. The molecule has 3 nitrogen and oxygen atoms in total. The van der Waals surface area contributed by atoms with E-state index in [1.807, 2.05) is 0 Å². The number of likely N-dealkylation sites (tertiary alicyclic amines) is 1. The average molecular weight is 322 g/mol. The maximum Gasteiger partial charge on any atom is 0.132 e. The normalized spacial score (nSPS) is 23.2. The molecule has 4 rings (SSSR count). The van der Waals surface area contributed by atoms with E-state index < -0.39 is 0 Å². The van der Waals surface area contributed by atoms with Crippen LogP contribution in [0.3, 0.4) is 0 Å². The van der Waals surface area contributed by atoms with Crippen molar-refractivity contribution in [2.75, 3.05) is 19.6 Å². The van der Waals surface area contributed by atoms with Crippen LogP contribution in [0.15, 0.2) is 42.5 Å². The summed E-state index contributed by atoms with van der Waals surface area (Å²) in [4.78, 5) is 2.54. The van der Waals surface area contributed by atoms with Gasteiger partial charge in [0.25, 0.3) is 0 Å². The lowest BCUT2D eigenvalue weighted by Crippen LogP contribution is -2.47. The van der Waals surface area contributed by atoms with Gasteiger partial charge in [-0.15, -0.1) is 0 Å². The van der Waals surface area contributed by atoms with Crippen molar-refractivity contribution in [1.29, 1.82) is 0 Å². The van der Waals surface area contributed by atoms with Crippen molar-refractivity contribution in [3.8, 4) is 11.5 Å². The van der Waals surface area contributed by atoms with E-state index in [9.17, 15) is 0 Å². The number of nitrogens with one attached hydrogen (secondary N) is 1. The van der Waals surface area contributed by atoms with E-state index in [1.54, 1.807) is 0 Å². The average Bonchev–Trinajstić information content (AvgIpc) is 2.61. The van der Waals surface area contributed by atoms with Crippen LogP contribution in [-0.2, 0) is 0 Å². The van der Waals surface area contributed by atoms with Crippen molar-refractivity contribution in [3.63, 3.8) is 0 Å². The number of nitrogens with zero attached hydrogens (tertiary/aromatic N) is 1. The van der Waals surface area contributed by atoms with Gasteiger partial charge in [0.15, 0.2) is 0 Å². The fourth-order valence-corrected chi connectivity index (χ4v) is 3.96. The van der Waals surface area contributed by atoms with Crippen molar-refractivity contribution < 1.29 is 4.74 Å². The van der Waals surface area contributed by atoms with Gasteiger partial charge in [-0.2, -0.15) is 0 Å². The van der Waals surface area contributed by atoms with Gasteiger partial charge >= 0.3 is 0 Å². The van der Waals surface area contributed by atoms with Gasteiger partial charge < -0.3 is 15.0 Å². The molecule has 2 aliphatic heterocycles. The Kier molecular flexibility index (Phi) is 4.30. The van der Waals surface area contributed by atoms with Crippen molar-refractivity contribution >= 4 is 0 Å². The molecule has 0 spiro atoms. The lowest BCUT2D eigenvalue weighted by Gasteiger charge is -2.37. The Bertz CT molecular complexity index is 728. The Morgan fingerprint density at radius 2 is 1.96 bits per heavy atom. The molecule has 2 heterocycles. The van der Waals surface area contributed by atoms with Gasteiger partial charge in [-0.05, 0) is 50.6 Å². The van der Waals surface area contributed by atoms with Crippen LogP contribution in [0.4, 0.5) is 0 Å². The van der Waals surface area contributed by atoms with Crippen LogP contribution in [0.5, 0.6) is 11.5 Å². The minimum atomic E-state index is 0.215. The predicted molar refractivity (Wildman–Crippen MR) is 97.8 cm³/mol. The molecule has 0 radical (unpaired) electrons. The predicted octanol–water partition coefficient (Wildman–Crippen LogP) is 4.26. The van der Waals surface area contributed by atoms with Crippen LogP contribution in [0.2, 0.25) is 0 Å². The Morgan fingerprint density at radius 1 is 1.12 bits per heavy atom. The smallest absolute Gasteiger partial charge is 0.132 e. The first-order valence-electron chi connectivity index (χ1n) is 9.10. The van der Waals surface area contributed by atoms with Gasteiger partial charge in [0.1, 0.15) is 11.5 Å². The molecule has 2 aromatic rings. The molecular formula is C21H26N2O. The highest BCUT2D eigenvalue weighted by molar-refractivity contribution is 5.54. The van der Waals surface area contributed by atoms with Gasteiger partial charge in [-0.25, -0.2) is 0 Å². The number of rotatable bonds is 3. The van der Waals surface area contributed by atoms with E-state index in [0.29, 0.717) is 6.04 Å². The quantitative estimate of drug-likeness (QED) is 0.913. The summed E-state index contributed by atoms with van der Waals surface area (Å²) in [6.45, 7) is 7.88. The van der Waals surface area contributed by atoms with Crippen LogP contribution >= 0.6 is 0 Å². The second-order valence-corrected chi connectivity index (χ2v) is 7.01. The van der Waals surface area contributed by atoms with E-state index in [-0.39, 0.29) is 6.04 Å². The van der Waals surface area contributed by atoms with E-state index in [4.69, 9.17) is 4.74 Å². The Morgan fingerprint density at radius 3 is 2.83 bits per heavy atom. The molecule has 1 fully saturated rings. The van der Waals surface area contributed by atoms with Crippen molar-refractivity contribution in [2.45, 2.75) is 38.8 Å². The Balaban J connectivity index is 1.66. The molecule has 0 aromatic heterocycles. The third kappa shape index (κ3) is 2.94. The van der Waals surface area contributed by atoms with Crippen LogP contribution in [0.1, 0.15) is 42.5 Å². The van der Waals surface area contributed by atoms with E-state index >= 15 is 0 Å². The minimum Gasteiger partial charge on any atom is -0.457 e. The highest BCUT2D eigenvalue weighted by atomic mass is 16.5. The zero-order valence-electron chi connectivity index (χ0n) is 14.6. The third-order valence-corrected chi connectivity index (χ3v) is 5.29. The summed E-state index contributed by atoms with van der Waals surface area (Å²) in [5.41, 5.74) is 3.75. The molecule has 24 heavy (non-hydrogen) atoms. The van der Waals surface area contributed by atoms with E-state index in [2.05, 4.69) is 66.5 Å². The van der Waals surface area contributed by atoms with Crippen molar-refractivity contribution in [1.82, 2.24) is 10.2 Å². The maximum absolute atomic E-state index is 6.17. The summed E-state index contributed by atoms with van der Waals surface area (Å²) >= 11 is 0. The summed E-state index contributed by atoms with van der Waals surface area (Å²) in [5, 5.41) is 3.93. The first-order valence-corrected chi connectivity index (χ1v) is 9.10. The topological polar surface area (TPSA) is 24.5 Å². The number of fused-ring (bicyclic) bond motifs is 2. The summed E-state index contributed by atoms with van der Waals surface area (Å²) < 4.78 is 6.17. The number of piperidine rings is 1. The zero-order chi connectivity index (χ0) is 16.5. The van der Waals surface area contributed by atoms with Crippen LogP contribution in [0, 0.1) is 6.92 Å². The lowest BCUT2D eigenvalue weighted by molar-refractivity contribution is 0.192. The van der Waals surface area contributed by atoms with Crippen LogP contribution < -0.4 is 10.1 Å². The van der Waals surface area contributed by atoms with E-state index in [1.165, 1.54) is 36.1 Å². The molecule has 1 N–H and O–H groups in total. The molecule has 3 heteroatoms. The fourth-order valence-electron chi connectivity index (χ4n) is 3.96. The highest BCUT2D eigenvalue weighted by Crippen LogP contribution is 2.43. The molecule has 126 valence electrons. The molecule has 0 bridgehead atoms. The molecule has 2 unspecified atom stereocenters. The first-order chi connectivity index (χ1) is 11.7. The van der Waals surface area contributed by atoms with Gasteiger partial charge in [-0.3, -0.25) is 0 Å².